The number of nitrogens with two attached hydrogens (primary N) is 1. The lowest BCUT2D eigenvalue weighted by atomic mass is 10.1. The van der Waals surface area contributed by atoms with Crippen molar-refractivity contribution in [3.8, 4) is 0 Å². The van der Waals surface area contributed by atoms with Crippen LogP contribution in [0.5, 0.6) is 0 Å². The predicted molar refractivity (Wildman–Crippen MR) is 69.2 cm³/mol. The number of nitrogens with one attached hydrogen (secondary N) is 2. The third-order valence-corrected chi connectivity index (χ3v) is 3.15. The zero-order chi connectivity index (χ0) is 12.8. The predicted octanol–water partition coefficient (Wildman–Crippen LogP) is 1.03. The van der Waals surface area contributed by atoms with Gasteiger partial charge >= 0.3 is 0 Å². The van der Waals surface area contributed by atoms with E-state index >= 15 is 0 Å². The highest BCUT2D eigenvalue weighted by Crippen LogP contribution is 2.23. The molecule has 94 valence electrons. The SMILES string of the molecule is CCNCC(C)C(=O)Nc1sccc1C(N)=O. The van der Waals surface area contributed by atoms with Crippen LogP contribution >= 0.6 is 11.3 Å². The number of primary amides is 1. The average molecular weight is 255 g/mol. The maximum atomic E-state index is 11.8. The van der Waals surface area contributed by atoms with Crippen LogP contribution in [0.3, 0.4) is 0 Å². The fourth-order valence-electron chi connectivity index (χ4n) is 1.29. The van der Waals surface area contributed by atoms with E-state index in [0.717, 1.165) is 6.54 Å². The number of hydrogen-bond donors (Lipinski definition) is 3. The van der Waals surface area contributed by atoms with Gasteiger partial charge in [0, 0.05) is 12.5 Å². The molecule has 1 aromatic heterocycles. The first-order valence-electron chi connectivity index (χ1n) is 5.45. The van der Waals surface area contributed by atoms with Gasteiger partial charge in [-0.25, -0.2) is 0 Å². The molecule has 0 aliphatic rings. The third kappa shape index (κ3) is 3.83. The molecule has 0 bridgehead atoms. The molecule has 0 aliphatic heterocycles. The van der Waals surface area contributed by atoms with Crippen LogP contribution in [0.4, 0.5) is 5.00 Å². The minimum Gasteiger partial charge on any atom is -0.366 e. The highest BCUT2D eigenvalue weighted by atomic mass is 32.1. The summed E-state index contributed by atoms with van der Waals surface area (Å²) in [6.07, 6.45) is 0. The molecule has 0 spiro atoms. The van der Waals surface area contributed by atoms with Gasteiger partial charge in [-0.3, -0.25) is 9.59 Å². The van der Waals surface area contributed by atoms with E-state index in [2.05, 4.69) is 10.6 Å². The lowest BCUT2D eigenvalue weighted by Gasteiger charge is -2.11. The van der Waals surface area contributed by atoms with Crippen LogP contribution in [0.25, 0.3) is 0 Å². The molecule has 2 amide bonds. The second-order valence-corrected chi connectivity index (χ2v) is 4.64. The van der Waals surface area contributed by atoms with E-state index in [9.17, 15) is 9.59 Å². The van der Waals surface area contributed by atoms with Gasteiger partial charge in [0.1, 0.15) is 5.00 Å². The molecule has 1 atom stereocenters. The first-order chi connectivity index (χ1) is 8.06. The molecule has 4 N–H and O–H groups in total. The van der Waals surface area contributed by atoms with Crippen molar-refractivity contribution in [2.45, 2.75) is 13.8 Å². The number of carbonyl (C=O) groups excluding carboxylic acids is 2. The van der Waals surface area contributed by atoms with E-state index in [0.29, 0.717) is 17.1 Å². The van der Waals surface area contributed by atoms with E-state index in [1.54, 1.807) is 11.4 Å². The van der Waals surface area contributed by atoms with Crippen LogP contribution in [0, 0.1) is 5.92 Å². The molecule has 0 saturated carbocycles. The van der Waals surface area contributed by atoms with Crippen LogP contribution in [-0.2, 0) is 4.79 Å². The standard InChI is InChI=1S/C11H17N3O2S/c1-3-13-6-7(2)10(16)14-11-8(9(12)15)4-5-17-11/h4-5,7,13H,3,6H2,1-2H3,(H2,12,15)(H,14,16). The van der Waals surface area contributed by atoms with E-state index < -0.39 is 5.91 Å². The molecule has 0 aromatic carbocycles. The maximum absolute atomic E-state index is 11.8. The van der Waals surface area contributed by atoms with Gasteiger partial charge in [-0.2, -0.15) is 0 Å². The second kappa shape index (κ2) is 6.36. The average Bonchev–Trinajstić information content (AvgIpc) is 2.73. The molecule has 5 nitrogen and oxygen atoms in total. The summed E-state index contributed by atoms with van der Waals surface area (Å²) in [6.45, 7) is 5.24. The second-order valence-electron chi connectivity index (χ2n) is 3.73. The monoisotopic (exact) mass is 255 g/mol. The van der Waals surface area contributed by atoms with E-state index in [1.165, 1.54) is 11.3 Å². The fourth-order valence-corrected chi connectivity index (χ4v) is 2.08. The summed E-state index contributed by atoms with van der Waals surface area (Å²) < 4.78 is 0. The molecule has 0 saturated heterocycles. The molecule has 1 heterocycles. The van der Waals surface area contributed by atoms with Crippen molar-refractivity contribution in [1.29, 1.82) is 0 Å². The van der Waals surface area contributed by atoms with Gasteiger partial charge in [0.15, 0.2) is 0 Å². The van der Waals surface area contributed by atoms with Gasteiger partial charge in [0.25, 0.3) is 5.91 Å². The van der Waals surface area contributed by atoms with Crippen molar-refractivity contribution in [1.82, 2.24) is 5.32 Å². The largest absolute Gasteiger partial charge is 0.366 e. The Labute approximate surface area is 104 Å². The summed E-state index contributed by atoms with van der Waals surface area (Å²) in [5.74, 6) is -0.797. The number of hydrogen-bond acceptors (Lipinski definition) is 4. The third-order valence-electron chi connectivity index (χ3n) is 2.32. The van der Waals surface area contributed by atoms with Gasteiger partial charge in [0.2, 0.25) is 5.91 Å². The zero-order valence-corrected chi connectivity index (χ0v) is 10.8. The van der Waals surface area contributed by atoms with E-state index in [-0.39, 0.29) is 11.8 Å². The Morgan fingerprint density at radius 2 is 2.24 bits per heavy atom. The topological polar surface area (TPSA) is 84.2 Å². The number of rotatable bonds is 6. The molecule has 1 unspecified atom stereocenters. The van der Waals surface area contributed by atoms with Crippen molar-refractivity contribution in [3.05, 3.63) is 17.0 Å². The number of amides is 2. The van der Waals surface area contributed by atoms with Gasteiger partial charge in [-0.1, -0.05) is 13.8 Å². The summed E-state index contributed by atoms with van der Waals surface area (Å²) in [6, 6.07) is 1.61. The number of anilines is 1. The summed E-state index contributed by atoms with van der Waals surface area (Å²) in [5, 5.41) is 8.06. The van der Waals surface area contributed by atoms with E-state index in [1.807, 2.05) is 13.8 Å². The smallest absolute Gasteiger partial charge is 0.251 e. The molecule has 1 aromatic rings. The molecule has 1 rings (SSSR count). The number of carbonyl (C=O) groups is 2. The van der Waals surface area contributed by atoms with Crippen LogP contribution in [0.1, 0.15) is 24.2 Å². The summed E-state index contributed by atoms with van der Waals surface area (Å²) in [7, 11) is 0. The summed E-state index contributed by atoms with van der Waals surface area (Å²) in [4.78, 5) is 22.9. The molecular weight excluding hydrogens is 238 g/mol. The van der Waals surface area contributed by atoms with Crippen molar-refractivity contribution < 1.29 is 9.59 Å². The van der Waals surface area contributed by atoms with Crippen molar-refractivity contribution in [2.75, 3.05) is 18.4 Å². The zero-order valence-electron chi connectivity index (χ0n) is 9.95. The first-order valence-corrected chi connectivity index (χ1v) is 6.33. The Morgan fingerprint density at radius 3 is 2.82 bits per heavy atom. The fraction of sp³-hybridized carbons (Fsp3) is 0.455. The van der Waals surface area contributed by atoms with Gasteiger partial charge in [-0.15, -0.1) is 11.3 Å². The Morgan fingerprint density at radius 1 is 1.53 bits per heavy atom. The van der Waals surface area contributed by atoms with Crippen molar-refractivity contribution in [2.24, 2.45) is 11.7 Å². The minimum absolute atomic E-state index is 0.115. The van der Waals surface area contributed by atoms with Crippen LogP contribution in [-0.4, -0.2) is 24.9 Å². The first kappa shape index (κ1) is 13.7. The van der Waals surface area contributed by atoms with Gasteiger partial charge < -0.3 is 16.4 Å². The summed E-state index contributed by atoms with van der Waals surface area (Å²) in [5.41, 5.74) is 5.56. The Kier molecular flexibility index (Phi) is 5.11. The van der Waals surface area contributed by atoms with Gasteiger partial charge in [0.05, 0.1) is 5.56 Å². The maximum Gasteiger partial charge on any atom is 0.251 e. The van der Waals surface area contributed by atoms with E-state index in [4.69, 9.17) is 5.73 Å². The van der Waals surface area contributed by atoms with Crippen molar-refractivity contribution in [3.63, 3.8) is 0 Å². The lowest BCUT2D eigenvalue weighted by molar-refractivity contribution is -0.119. The Bertz CT molecular complexity index is 403. The van der Waals surface area contributed by atoms with Crippen LogP contribution in [0.15, 0.2) is 11.4 Å². The summed E-state index contributed by atoms with van der Waals surface area (Å²) >= 11 is 1.29. The number of thiophene rings is 1. The van der Waals surface area contributed by atoms with Gasteiger partial charge in [-0.05, 0) is 18.0 Å². The normalized spacial score (nSPS) is 12.1. The minimum atomic E-state index is -0.527. The van der Waals surface area contributed by atoms with Crippen molar-refractivity contribution >= 4 is 28.2 Å². The van der Waals surface area contributed by atoms with Crippen LogP contribution < -0.4 is 16.4 Å². The molecule has 0 radical (unpaired) electrons. The quantitative estimate of drug-likeness (QED) is 0.710. The highest BCUT2D eigenvalue weighted by molar-refractivity contribution is 7.14. The Balaban J connectivity index is 2.61. The molecule has 0 fully saturated rings. The highest BCUT2D eigenvalue weighted by Gasteiger charge is 2.16. The van der Waals surface area contributed by atoms with Crippen LogP contribution in [0.2, 0.25) is 0 Å². The molecule has 0 aliphatic carbocycles. The Hall–Kier alpha value is -1.40. The molecule has 6 heteroatoms. The lowest BCUT2D eigenvalue weighted by Crippen LogP contribution is -2.30. The molecule has 17 heavy (non-hydrogen) atoms. The molecular formula is C11H17N3O2S.